The van der Waals surface area contributed by atoms with Crippen molar-refractivity contribution in [2.75, 3.05) is 0 Å². The van der Waals surface area contributed by atoms with Gasteiger partial charge >= 0.3 is 6.18 Å². The number of alkyl halides is 3. The fraction of sp³-hybridized carbons (Fsp3) is 0.208. The number of nitrogens with zero attached hydrogens (tertiary/aromatic N) is 4. The van der Waals surface area contributed by atoms with Gasteiger partial charge in [-0.1, -0.05) is 72.4 Å². The molecule has 0 aliphatic heterocycles. The van der Waals surface area contributed by atoms with Crippen molar-refractivity contribution in [3.05, 3.63) is 95.7 Å². The molecule has 2 heterocycles. The lowest BCUT2D eigenvalue weighted by Gasteiger charge is -2.26. The standard InChI is InChI=1S/C24H21F3N4OS/c1-17(33-23-29-28-21-13-12-20(16-31(21)23)24(25,26)27)22(32)30(14-18-8-4-2-5-9-18)15-19-10-6-3-7-11-19/h2-13,16-17H,14-15H2,1H3. The van der Waals surface area contributed by atoms with E-state index in [2.05, 4.69) is 10.2 Å². The molecule has 0 aliphatic rings. The summed E-state index contributed by atoms with van der Waals surface area (Å²) < 4.78 is 40.7. The summed E-state index contributed by atoms with van der Waals surface area (Å²) >= 11 is 1.09. The number of pyridine rings is 1. The molecule has 0 bridgehead atoms. The number of amides is 1. The molecule has 0 saturated heterocycles. The van der Waals surface area contributed by atoms with E-state index >= 15 is 0 Å². The maximum absolute atomic E-state index is 13.4. The average molecular weight is 471 g/mol. The molecule has 4 aromatic rings. The van der Waals surface area contributed by atoms with Crippen LogP contribution in [-0.4, -0.2) is 30.7 Å². The Labute approximate surface area is 193 Å². The first-order chi connectivity index (χ1) is 15.8. The minimum absolute atomic E-state index is 0.142. The Bertz CT molecular complexity index is 1190. The van der Waals surface area contributed by atoms with Gasteiger partial charge in [-0.3, -0.25) is 9.20 Å². The summed E-state index contributed by atoms with van der Waals surface area (Å²) in [5.41, 5.74) is 1.46. The summed E-state index contributed by atoms with van der Waals surface area (Å²) in [6.07, 6.45) is -3.52. The van der Waals surface area contributed by atoms with Crippen LogP contribution in [0.1, 0.15) is 23.6 Å². The molecule has 2 aromatic carbocycles. The van der Waals surface area contributed by atoms with Crippen molar-refractivity contribution in [3.8, 4) is 0 Å². The molecule has 1 amide bonds. The first kappa shape index (κ1) is 22.8. The molecule has 0 N–H and O–H groups in total. The Morgan fingerprint density at radius 3 is 2.06 bits per heavy atom. The summed E-state index contributed by atoms with van der Waals surface area (Å²) in [4.78, 5) is 15.2. The molecule has 0 spiro atoms. The number of fused-ring (bicyclic) bond motifs is 1. The van der Waals surface area contributed by atoms with Crippen molar-refractivity contribution in [2.45, 2.75) is 36.6 Å². The van der Waals surface area contributed by atoms with Crippen molar-refractivity contribution in [1.29, 1.82) is 0 Å². The maximum Gasteiger partial charge on any atom is 0.417 e. The van der Waals surface area contributed by atoms with Crippen LogP contribution in [-0.2, 0) is 24.1 Å². The lowest BCUT2D eigenvalue weighted by Crippen LogP contribution is -2.35. The second-order valence-corrected chi connectivity index (χ2v) is 8.86. The maximum atomic E-state index is 13.4. The zero-order valence-electron chi connectivity index (χ0n) is 17.7. The van der Waals surface area contributed by atoms with Gasteiger partial charge in [0, 0.05) is 19.3 Å². The van der Waals surface area contributed by atoms with Gasteiger partial charge in [-0.25, -0.2) is 0 Å². The third-order valence-corrected chi connectivity index (χ3v) is 6.12. The minimum Gasteiger partial charge on any atom is -0.333 e. The second kappa shape index (κ2) is 9.66. The number of carbonyl (C=O) groups is 1. The zero-order chi connectivity index (χ0) is 23.4. The lowest BCUT2D eigenvalue weighted by molar-refractivity contribution is -0.138. The molecule has 0 fully saturated rings. The van der Waals surface area contributed by atoms with E-state index in [1.54, 1.807) is 11.8 Å². The normalized spacial score (nSPS) is 12.6. The zero-order valence-corrected chi connectivity index (χ0v) is 18.6. The minimum atomic E-state index is -4.48. The predicted molar refractivity (Wildman–Crippen MR) is 120 cm³/mol. The molecule has 0 aliphatic carbocycles. The number of benzene rings is 2. The largest absolute Gasteiger partial charge is 0.417 e. The van der Waals surface area contributed by atoms with Gasteiger partial charge in [0.15, 0.2) is 10.8 Å². The Morgan fingerprint density at radius 2 is 1.52 bits per heavy atom. The van der Waals surface area contributed by atoms with Crippen LogP contribution < -0.4 is 0 Å². The third kappa shape index (κ3) is 5.54. The molecule has 170 valence electrons. The average Bonchev–Trinajstić information content (AvgIpc) is 3.21. The Morgan fingerprint density at radius 1 is 0.939 bits per heavy atom. The topological polar surface area (TPSA) is 50.5 Å². The lowest BCUT2D eigenvalue weighted by atomic mass is 10.1. The van der Waals surface area contributed by atoms with Gasteiger partial charge in [0.25, 0.3) is 0 Å². The summed E-state index contributed by atoms with van der Waals surface area (Å²) in [7, 11) is 0. The number of carbonyl (C=O) groups excluding carboxylic acids is 1. The van der Waals surface area contributed by atoms with Crippen molar-refractivity contribution in [2.24, 2.45) is 0 Å². The van der Waals surface area contributed by atoms with E-state index in [9.17, 15) is 18.0 Å². The molecule has 9 heteroatoms. The molecule has 0 saturated carbocycles. The summed E-state index contributed by atoms with van der Waals surface area (Å²) in [6.45, 7) is 2.56. The van der Waals surface area contributed by atoms with E-state index in [0.29, 0.717) is 13.1 Å². The highest BCUT2D eigenvalue weighted by Gasteiger charge is 2.31. The van der Waals surface area contributed by atoms with Crippen LogP contribution in [0, 0.1) is 0 Å². The highest BCUT2D eigenvalue weighted by atomic mass is 32.2. The molecular weight excluding hydrogens is 449 g/mol. The molecule has 4 rings (SSSR count). The van der Waals surface area contributed by atoms with Crippen molar-refractivity contribution in [3.63, 3.8) is 0 Å². The monoisotopic (exact) mass is 470 g/mol. The van der Waals surface area contributed by atoms with E-state index in [1.807, 2.05) is 60.7 Å². The fourth-order valence-electron chi connectivity index (χ4n) is 3.40. The van der Waals surface area contributed by atoms with Gasteiger partial charge in [0.05, 0.1) is 10.8 Å². The van der Waals surface area contributed by atoms with Crippen molar-refractivity contribution < 1.29 is 18.0 Å². The van der Waals surface area contributed by atoms with Crippen LogP contribution in [0.5, 0.6) is 0 Å². The Hall–Kier alpha value is -3.33. The van der Waals surface area contributed by atoms with Gasteiger partial charge in [0.2, 0.25) is 5.91 Å². The van der Waals surface area contributed by atoms with E-state index in [1.165, 1.54) is 10.5 Å². The van der Waals surface area contributed by atoms with Crippen LogP contribution in [0.3, 0.4) is 0 Å². The van der Waals surface area contributed by atoms with Crippen LogP contribution >= 0.6 is 11.8 Å². The number of aromatic nitrogens is 3. The highest BCUT2D eigenvalue weighted by molar-refractivity contribution is 8.00. The van der Waals surface area contributed by atoms with Crippen molar-refractivity contribution in [1.82, 2.24) is 19.5 Å². The number of thioether (sulfide) groups is 1. The highest BCUT2D eigenvalue weighted by Crippen LogP contribution is 2.31. The molecule has 5 nitrogen and oxygen atoms in total. The van der Waals surface area contributed by atoms with Gasteiger partial charge in [-0.2, -0.15) is 13.2 Å². The summed E-state index contributed by atoms with van der Waals surface area (Å²) in [6, 6.07) is 21.5. The van der Waals surface area contributed by atoms with Crippen LogP contribution in [0.2, 0.25) is 0 Å². The number of halogens is 3. The third-order valence-electron chi connectivity index (χ3n) is 5.07. The first-order valence-electron chi connectivity index (χ1n) is 10.3. The van der Waals surface area contributed by atoms with E-state index in [0.717, 1.165) is 35.2 Å². The van der Waals surface area contributed by atoms with Crippen LogP contribution in [0.15, 0.2) is 84.1 Å². The van der Waals surface area contributed by atoms with Gasteiger partial charge in [-0.05, 0) is 30.2 Å². The number of rotatable bonds is 7. The van der Waals surface area contributed by atoms with Crippen LogP contribution in [0.25, 0.3) is 5.65 Å². The number of hydrogen-bond donors (Lipinski definition) is 0. The van der Waals surface area contributed by atoms with E-state index in [4.69, 9.17) is 0 Å². The fourth-order valence-corrected chi connectivity index (χ4v) is 4.32. The van der Waals surface area contributed by atoms with Gasteiger partial charge < -0.3 is 4.90 Å². The molecule has 2 aromatic heterocycles. The van der Waals surface area contributed by atoms with Gasteiger partial charge in [-0.15, -0.1) is 10.2 Å². The summed E-state index contributed by atoms with van der Waals surface area (Å²) in [5.74, 6) is -0.142. The Kier molecular flexibility index (Phi) is 6.69. The SMILES string of the molecule is CC(Sc1nnc2ccc(C(F)(F)F)cn12)C(=O)N(Cc1ccccc1)Cc1ccccc1. The van der Waals surface area contributed by atoms with E-state index < -0.39 is 17.0 Å². The van der Waals surface area contributed by atoms with E-state index in [-0.39, 0.29) is 16.7 Å². The first-order valence-corrected chi connectivity index (χ1v) is 11.1. The molecule has 1 unspecified atom stereocenters. The predicted octanol–water partition coefficient (Wildman–Crippen LogP) is 5.46. The number of hydrogen-bond acceptors (Lipinski definition) is 4. The molecule has 1 atom stereocenters. The smallest absolute Gasteiger partial charge is 0.333 e. The Balaban J connectivity index is 1.57. The van der Waals surface area contributed by atoms with Crippen molar-refractivity contribution >= 4 is 23.3 Å². The molecular formula is C24H21F3N4OS. The summed E-state index contributed by atoms with van der Waals surface area (Å²) in [5, 5.41) is 7.59. The van der Waals surface area contributed by atoms with Gasteiger partial charge in [0.1, 0.15) is 0 Å². The van der Waals surface area contributed by atoms with Crippen LogP contribution in [0.4, 0.5) is 13.2 Å². The quantitative estimate of drug-likeness (QED) is 0.337. The molecule has 33 heavy (non-hydrogen) atoms. The second-order valence-electron chi connectivity index (χ2n) is 7.55. The molecule has 0 radical (unpaired) electrons.